The number of benzene rings is 6. The number of anilines is 6. The van der Waals surface area contributed by atoms with Crippen LogP contribution in [0.4, 0.5) is 34.1 Å². The Hall–Kier alpha value is -13.9. The maximum atomic E-state index is 12.6. The number of pyridine rings is 3. The van der Waals surface area contributed by atoms with Crippen molar-refractivity contribution in [1.29, 1.82) is 31.6 Å². The second-order valence-corrected chi connectivity index (χ2v) is 36.1. The first-order chi connectivity index (χ1) is 65.7. The first-order valence-electron chi connectivity index (χ1n) is 46.7. The first kappa shape index (κ1) is 94.3. The molecule has 0 bridgehead atoms. The summed E-state index contributed by atoms with van der Waals surface area (Å²) >= 11 is 0. The Labute approximate surface area is 790 Å². The van der Waals surface area contributed by atoms with Crippen LogP contribution in [0.3, 0.4) is 0 Å². The number of likely N-dealkylation sites (N-methyl/N-ethyl adjacent to an activating group) is 3. The predicted molar refractivity (Wildman–Crippen MR) is 520 cm³/mol. The number of hydrogen-bond acceptors (Lipinski definition) is 27. The van der Waals surface area contributed by atoms with Crippen LogP contribution in [-0.4, -0.2) is 277 Å². The molecule has 3 aromatic heterocycles. The van der Waals surface area contributed by atoms with E-state index in [-0.39, 0.29) is 86.6 Å². The Bertz CT molecular complexity index is 6000. The fraction of sp³-hybridized carbons (Fsp3) is 0.429. The van der Waals surface area contributed by atoms with Gasteiger partial charge in [0.15, 0.2) is 0 Å². The van der Waals surface area contributed by atoms with Gasteiger partial charge in [-0.05, 0) is 130 Å². The number of piperazine rings is 3. The van der Waals surface area contributed by atoms with Gasteiger partial charge in [0.2, 0.25) is 35.4 Å². The summed E-state index contributed by atoms with van der Waals surface area (Å²) in [4.78, 5) is 78.3. The van der Waals surface area contributed by atoms with Crippen molar-refractivity contribution in [2.45, 2.75) is 115 Å². The van der Waals surface area contributed by atoms with Crippen molar-refractivity contribution in [2.24, 2.45) is 0 Å². The van der Waals surface area contributed by atoms with Gasteiger partial charge < -0.3 is 82.3 Å². The van der Waals surface area contributed by atoms with E-state index in [0.717, 1.165) is 120 Å². The second-order valence-electron chi connectivity index (χ2n) is 36.1. The van der Waals surface area contributed by atoms with Gasteiger partial charge in [-0.1, -0.05) is 111 Å². The SMILES string of the molecule is C=CC(=O)N1CCN(c2c(C#N)c(OCC3COCCN3C)nc3c2CCN(c2cccc4cccc(C)c24)C3)C[C@@H]1CC#N.C=CC(=O)N1CCN(c2c(C#N)c(OC[C@@H]3CN(C)CCO3)nc3c2CCN(c2cccc4cccc(C)c24)C3)C[C@@H]1CC#N.C=CC(=O)N1CCN(c2c(C#N)c(OC[C@H]3CN(C)CCO3)nc3c2CCN(c2cccc4cccc(C)c24)C3)C[C@@H]1CC#N. The molecule has 6 saturated heterocycles. The quantitative estimate of drug-likeness (QED) is 0.0603. The zero-order valence-corrected chi connectivity index (χ0v) is 78.1. The van der Waals surface area contributed by atoms with Crippen LogP contribution < -0.4 is 43.6 Å². The van der Waals surface area contributed by atoms with E-state index in [1.165, 1.54) is 67.2 Å². The number of morpholine rings is 3. The Morgan fingerprint density at radius 1 is 0.400 bits per heavy atom. The molecule has 6 fully saturated rings. The van der Waals surface area contributed by atoms with Crippen LogP contribution >= 0.6 is 0 Å². The molecule has 12 heterocycles. The highest BCUT2D eigenvalue weighted by Crippen LogP contribution is 2.46. The van der Waals surface area contributed by atoms with Gasteiger partial charge in [0, 0.05) is 161 Å². The van der Waals surface area contributed by atoms with Crippen LogP contribution in [0.15, 0.2) is 147 Å². The molecule has 1 unspecified atom stereocenters. The zero-order chi connectivity index (χ0) is 94.5. The van der Waals surface area contributed by atoms with E-state index in [2.05, 4.69) is 251 Å². The van der Waals surface area contributed by atoms with Crippen LogP contribution in [-0.2, 0) is 67.5 Å². The summed E-state index contributed by atoms with van der Waals surface area (Å²) < 4.78 is 36.6. The highest BCUT2D eigenvalue weighted by atomic mass is 16.5. The molecule has 6 aromatic carbocycles. The molecule has 0 radical (unpaired) electrons. The molecule has 9 aromatic rings. The van der Waals surface area contributed by atoms with Crippen molar-refractivity contribution in [3.8, 4) is 54.1 Å². The molecule has 18 rings (SSSR count). The van der Waals surface area contributed by atoms with E-state index in [4.69, 9.17) is 43.4 Å². The molecular weight excluding hydrogens is 1700 g/mol. The number of aryl methyl sites for hydroxylation is 3. The van der Waals surface area contributed by atoms with Gasteiger partial charge in [0.1, 0.15) is 66.9 Å². The summed E-state index contributed by atoms with van der Waals surface area (Å²) in [7, 11) is 6.17. The van der Waals surface area contributed by atoms with Gasteiger partial charge in [-0.25, -0.2) is 15.0 Å². The number of nitrogens with zero attached hydrogens (tertiary/aromatic N) is 21. The van der Waals surface area contributed by atoms with Gasteiger partial charge in [0.25, 0.3) is 0 Å². The average Bonchev–Trinajstić information content (AvgIpc) is 0.751. The standard InChI is InChI=1S/3C35H39N7O3/c1-4-32(43)42-16-15-41(20-26(42)11-13-36)34-28-12-14-40(31-10-6-9-25-8-5-7-24(2)33(25)31)21-30(28)38-35(29(34)19-37)45-23-27-22-44-18-17-39(27)3;2*1-4-32(43)42-16-15-41(20-26(42)11-13-36)34-28-12-14-40(31-10-6-9-25-8-5-7-24(2)33(25)31)22-30(28)38-35(29(34)19-37)45-23-27-21-39(3)17-18-44-27/h3*4-10,26-27H,1,11-12,14-18,20-23H2,2-3H3/t26-,27?;26-,27+;26-,27-/m000/s1. The molecule has 3 amide bonds. The van der Waals surface area contributed by atoms with Gasteiger partial charge in [-0.2, -0.15) is 31.6 Å². The number of ether oxygens (including phenoxy) is 6. The normalized spacial score (nSPS) is 20.3. The number of rotatable bonds is 21. The summed E-state index contributed by atoms with van der Waals surface area (Å²) in [5.74, 6) is 0.379. The maximum Gasteiger partial charge on any atom is 0.246 e. The third-order valence-corrected chi connectivity index (χ3v) is 27.7. The highest BCUT2D eigenvalue weighted by molar-refractivity contribution is 6.00. The van der Waals surface area contributed by atoms with Gasteiger partial charge in [-0.3, -0.25) is 19.3 Å². The van der Waals surface area contributed by atoms with Crippen LogP contribution in [0.2, 0.25) is 0 Å². The van der Waals surface area contributed by atoms with E-state index < -0.39 is 0 Å². The van der Waals surface area contributed by atoms with Crippen molar-refractivity contribution >= 4 is 84.2 Å². The number of fused-ring (bicyclic) bond motifs is 6. The molecule has 9 aliphatic rings. The lowest BCUT2D eigenvalue weighted by Gasteiger charge is -2.43. The highest BCUT2D eigenvalue weighted by Gasteiger charge is 2.41. The number of carbonyl (C=O) groups excluding carboxylic acids is 3. The third kappa shape index (κ3) is 20.3. The van der Waals surface area contributed by atoms with Crippen molar-refractivity contribution < 1.29 is 42.8 Å². The van der Waals surface area contributed by atoms with E-state index in [1.54, 1.807) is 14.7 Å². The first-order valence-corrected chi connectivity index (χ1v) is 46.7. The van der Waals surface area contributed by atoms with Crippen molar-refractivity contribution in [3.05, 3.63) is 214 Å². The number of amides is 3. The van der Waals surface area contributed by atoms with Crippen LogP contribution in [0, 0.1) is 88.8 Å². The van der Waals surface area contributed by atoms with E-state index in [0.29, 0.717) is 165 Å². The van der Waals surface area contributed by atoms with E-state index >= 15 is 0 Å². The minimum atomic E-state index is -0.320. The maximum absolute atomic E-state index is 12.6. The molecule has 0 N–H and O–H groups in total. The predicted octanol–water partition coefficient (Wildman–Crippen LogP) is 11.4. The number of carbonyl (C=O) groups is 3. The largest absolute Gasteiger partial charge is 0.475 e. The van der Waals surface area contributed by atoms with Gasteiger partial charge in [-0.15, -0.1) is 0 Å². The lowest BCUT2D eigenvalue weighted by molar-refractivity contribution is -0.129. The number of aromatic nitrogens is 3. The Balaban J connectivity index is 0.000000147. The average molecular weight is 1820 g/mol. The third-order valence-electron chi connectivity index (χ3n) is 27.7. The molecular formula is C105H117N21O9. The number of nitriles is 6. The molecule has 0 spiro atoms. The monoisotopic (exact) mass is 1820 g/mol. The van der Waals surface area contributed by atoms with Crippen molar-refractivity contribution in [2.75, 3.05) is 208 Å². The molecule has 696 valence electrons. The molecule has 9 aliphatic heterocycles. The summed E-state index contributed by atoms with van der Waals surface area (Å²) in [5, 5.41) is 67.8. The van der Waals surface area contributed by atoms with Crippen molar-refractivity contribution in [3.63, 3.8) is 0 Å². The minimum absolute atomic E-state index is 0.0511. The number of hydrogen-bond donors (Lipinski definition) is 0. The molecule has 6 atom stereocenters. The molecule has 135 heavy (non-hydrogen) atoms. The summed E-state index contributed by atoms with van der Waals surface area (Å²) in [6, 6.07) is 51.4. The van der Waals surface area contributed by atoms with Crippen molar-refractivity contribution in [1.82, 2.24) is 44.4 Å². The Kier molecular flexibility index (Phi) is 30.0. The summed E-state index contributed by atoms with van der Waals surface area (Å²) in [6.07, 6.45) is 6.31. The smallest absolute Gasteiger partial charge is 0.246 e. The summed E-state index contributed by atoms with van der Waals surface area (Å²) in [5.41, 5.74) is 16.5. The van der Waals surface area contributed by atoms with Crippen LogP contribution in [0.25, 0.3) is 32.3 Å². The van der Waals surface area contributed by atoms with Gasteiger partial charge >= 0.3 is 0 Å². The Morgan fingerprint density at radius 2 is 0.726 bits per heavy atom. The fourth-order valence-corrected chi connectivity index (χ4v) is 20.8. The molecule has 0 saturated carbocycles. The molecule has 30 nitrogen and oxygen atoms in total. The minimum Gasteiger partial charge on any atom is -0.475 e. The van der Waals surface area contributed by atoms with E-state index in [1.807, 2.05) is 0 Å². The topological polar surface area (TPSA) is 327 Å². The molecule has 0 aliphatic carbocycles. The van der Waals surface area contributed by atoms with Crippen LogP contribution in [0.1, 0.15) is 86.4 Å². The van der Waals surface area contributed by atoms with E-state index in [9.17, 15) is 46.0 Å². The van der Waals surface area contributed by atoms with Gasteiger partial charge in [0.05, 0.1) is 142 Å². The fourth-order valence-electron chi connectivity index (χ4n) is 20.8. The lowest BCUT2D eigenvalue weighted by atomic mass is 9.95. The summed E-state index contributed by atoms with van der Waals surface area (Å²) in [6.45, 7) is 33.0. The molecule has 30 heteroatoms. The Morgan fingerprint density at radius 3 is 1.03 bits per heavy atom. The van der Waals surface area contributed by atoms with Crippen LogP contribution in [0.5, 0.6) is 17.6 Å². The second kappa shape index (κ2) is 43.0. The lowest BCUT2D eigenvalue weighted by Crippen LogP contribution is -2.55. The zero-order valence-electron chi connectivity index (χ0n) is 78.1.